The average molecular weight is 241 g/mol. The molecule has 0 aliphatic rings. The minimum Gasteiger partial charge on any atom is -0.480 e. The molecule has 0 heterocycles. The van der Waals surface area contributed by atoms with Gasteiger partial charge in [-0.2, -0.15) is 0 Å². The number of carboxylic acid groups (broad SMARTS) is 1. The van der Waals surface area contributed by atoms with Crippen LogP contribution in [0.2, 0.25) is 0 Å². The molecular formula is C8H16FNO4S. The first kappa shape index (κ1) is 14.3. The molecule has 0 saturated heterocycles. The van der Waals surface area contributed by atoms with Crippen molar-refractivity contribution in [2.24, 2.45) is 5.92 Å². The molecule has 7 heteroatoms. The van der Waals surface area contributed by atoms with E-state index in [2.05, 4.69) is 0 Å². The third kappa shape index (κ3) is 5.68. The van der Waals surface area contributed by atoms with Crippen molar-refractivity contribution in [3.05, 3.63) is 0 Å². The number of sulfonamides is 1. The highest BCUT2D eigenvalue weighted by molar-refractivity contribution is 7.89. The number of halogens is 1. The van der Waals surface area contributed by atoms with Gasteiger partial charge in [0.25, 0.3) is 0 Å². The molecule has 0 radical (unpaired) electrons. The van der Waals surface area contributed by atoms with Gasteiger partial charge in [-0.05, 0) is 12.3 Å². The summed E-state index contributed by atoms with van der Waals surface area (Å²) in [6.07, 6.45) is -0.125. The van der Waals surface area contributed by atoms with Gasteiger partial charge in [0, 0.05) is 0 Å². The fraction of sp³-hybridized carbons (Fsp3) is 0.875. The quantitative estimate of drug-likeness (QED) is 0.674. The van der Waals surface area contributed by atoms with E-state index in [1.54, 1.807) is 13.8 Å². The SMILES string of the molecule is CC(C)C(NS(=O)(=O)CCCF)C(=O)O. The van der Waals surface area contributed by atoms with Crippen molar-refractivity contribution in [2.45, 2.75) is 26.3 Å². The van der Waals surface area contributed by atoms with Crippen molar-refractivity contribution in [2.75, 3.05) is 12.4 Å². The van der Waals surface area contributed by atoms with E-state index in [4.69, 9.17) is 5.11 Å². The molecule has 0 fully saturated rings. The molecule has 0 aliphatic heterocycles. The van der Waals surface area contributed by atoms with E-state index < -0.39 is 28.7 Å². The fourth-order valence-corrected chi connectivity index (χ4v) is 2.34. The zero-order valence-corrected chi connectivity index (χ0v) is 9.55. The monoisotopic (exact) mass is 241 g/mol. The molecule has 90 valence electrons. The van der Waals surface area contributed by atoms with Crippen molar-refractivity contribution < 1.29 is 22.7 Å². The molecule has 0 aliphatic carbocycles. The van der Waals surface area contributed by atoms with Crippen LogP contribution < -0.4 is 4.72 Å². The number of hydrogen-bond donors (Lipinski definition) is 2. The van der Waals surface area contributed by atoms with E-state index in [1.165, 1.54) is 0 Å². The number of aliphatic carboxylic acids is 1. The van der Waals surface area contributed by atoms with Crippen LogP contribution in [0.25, 0.3) is 0 Å². The Morgan fingerprint density at radius 3 is 2.33 bits per heavy atom. The summed E-state index contributed by atoms with van der Waals surface area (Å²) in [6, 6.07) is -1.16. The van der Waals surface area contributed by atoms with Gasteiger partial charge in [0.05, 0.1) is 12.4 Å². The molecule has 0 aromatic rings. The molecule has 5 nitrogen and oxygen atoms in total. The predicted molar refractivity (Wildman–Crippen MR) is 53.8 cm³/mol. The summed E-state index contributed by atoms with van der Waals surface area (Å²) >= 11 is 0. The van der Waals surface area contributed by atoms with Crippen molar-refractivity contribution in [1.82, 2.24) is 4.72 Å². The third-order valence-corrected chi connectivity index (χ3v) is 3.23. The highest BCUT2D eigenvalue weighted by Gasteiger charge is 2.26. The third-order valence-electron chi connectivity index (χ3n) is 1.79. The van der Waals surface area contributed by atoms with Crippen molar-refractivity contribution in [1.29, 1.82) is 0 Å². The summed E-state index contributed by atoms with van der Waals surface area (Å²) in [5.41, 5.74) is 0. The number of rotatable bonds is 7. The van der Waals surface area contributed by atoms with E-state index in [1.807, 2.05) is 4.72 Å². The van der Waals surface area contributed by atoms with Gasteiger partial charge in [0.15, 0.2) is 0 Å². The molecule has 0 aromatic carbocycles. The number of carboxylic acids is 1. The minimum absolute atomic E-state index is 0.125. The van der Waals surface area contributed by atoms with Crippen LogP contribution in [0, 0.1) is 5.92 Å². The molecule has 15 heavy (non-hydrogen) atoms. The second-order valence-electron chi connectivity index (χ2n) is 3.54. The Morgan fingerprint density at radius 2 is 2.00 bits per heavy atom. The maximum Gasteiger partial charge on any atom is 0.321 e. The summed E-state index contributed by atoms with van der Waals surface area (Å²) in [7, 11) is -3.70. The first-order valence-corrected chi connectivity index (χ1v) is 6.24. The second kappa shape index (κ2) is 6.02. The molecule has 1 unspecified atom stereocenters. The normalized spacial score (nSPS) is 14.1. The van der Waals surface area contributed by atoms with E-state index in [0.717, 1.165) is 0 Å². The van der Waals surface area contributed by atoms with Crippen molar-refractivity contribution in [3.63, 3.8) is 0 Å². The minimum atomic E-state index is -3.70. The topological polar surface area (TPSA) is 83.5 Å². The molecule has 0 spiro atoms. The summed E-state index contributed by atoms with van der Waals surface area (Å²) in [4.78, 5) is 10.7. The van der Waals surface area contributed by atoms with Gasteiger partial charge in [0.1, 0.15) is 6.04 Å². The Balaban J connectivity index is 4.46. The van der Waals surface area contributed by atoms with Crippen molar-refractivity contribution >= 4 is 16.0 Å². The van der Waals surface area contributed by atoms with Gasteiger partial charge in [-0.1, -0.05) is 13.8 Å². The lowest BCUT2D eigenvalue weighted by Crippen LogP contribution is -2.45. The molecular weight excluding hydrogens is 225 g/mol. The van der Waals surface area contributed by atoms with Gasteiger partial charge in [-0.3, -0.25) is 9.18 Å². The average Bonchev–Trinajstić information content (AvgIpc) is 2.10. The lowest BCUT2D eigenvalue weighted by molar-refractivity contribution is -0.140. The Kier molecular flexibility index (Phi) is 5.74. The van der Waals surface area contributed by atoms with E-state index >= 15 is 0 Å². The largest absolute Gasteiger partial charge is 0.480 e. The predicted octanol–water partition coefficient (Wildman–Crippen LogP) is 0.375. The maximum absolute atomic E-state index is 11.8. The van der Waals surface area contributed by atoms with Crippen LogP contribution in [0.15, 0.2) is 0 Å². The van der Waals surface area contributed by atoms with Gasteiger partial charge in [-0.15, -0.1) is 0 Å². The molecule has 1 atom stereocenters. The molecule has 0 bridgehead atoms. The summed E-state index contributed by atoms with van der Waals surface area (Å²) in [5.74, 6) is -1.98. The summed E-state index contributed by atoms with van der Waals surface area (Å²) < 4.78 is 36.3. The summed E-state index contributed by atoms with van der Waals surface area (Å²) in [5, 5.41) is 8.73. The zero-order valence-electron chi connectivity index (χ0n) is 8.73. The van der Waals surface area contributed by atoms with Crippen LogP contribution in [-0.2, 0) is 14.8 Å². The van der Waals surface area contributed by atoms with Gasteiger partial charge in [-0.25, -0.2) is 13.1 Å². The van der Waals surface area contributed by atoms with Crippen molar-refractivity contribution in [3.8, 4) is 0 Å². The Bertz CT molecular complexity index is 302. The number of hydrogen-bond acceptors (Lipinski definition) is 3. The Morgan fingerprint density at radius 1 is 1.47 bits per heavy atom. The van der Waals surface area contributed by atoms with E-state index in [9.17, 15) is 17.6 Å². The van der Waals surface area contributed by atoms with Gasteiger partial charge in [0.2, 0.25) is 10.0 Å². The van der Waals surface area contributed by atoms with Crippen LogP contribution in [0.5, 0.6) is 0 Å². The molecule has 0 amide bonds. The van der Waals surface area contributed by atoms with Crippen LogP contribution >= 0.6 is 0 Å². The number of alkyl halides is 1. The second-order valence-corrected chi connectivity index (χ2v) is 5.41. The standard InChI is InChI=1S/C8H16FNO4S/c1-6(2)7(8(11)12)10-15(13,14)5-3-4-9/h6-7,10H,3-5H2,1-2H3,(H,11,12). The van der Waals surface area contributed by atoms with Crippen LogP contribution in [0.4, 0.5) is 4.39 Å². The van der Waals surface area contributed by atoms with E-state index in [0.29, 0.717) is 0 Å². The van der Waals surface area contributed by atoms with Crippen LogP contribution in [0.3, 0.4) is 0 Å². The Labute approximate surface area is 88.7 Å². The molecule has 2 N–H and O–H groups in total. The fourth-order valence-electron chi connectivity index (χ4n) is 0.969. The van der Waals surface area contributed by atoms with Gasteiger partial charge >= 0.3 is 5.97 Å². The zero-order chi connectivity index (χ0) is 12.1. The Hall–Kier alpha value is -0.690. The summed E-state index contributed by atoms with van der Waals surface area (Å²) in [6.45, 7) is 2.45. The molecule has 0 saturated carbocycles. The molecule has 0 rings (SSSR count). The number of nitrogens with one attached hydrogen (secondary N) is 1. The number of carbonyl (C=O) groups is 1. The molecule has 0 aromatic heterocycles. The highest BCUT2D eigenvalue weighted by atomic mass is 32.2. The van der Waals surface area contributed by atoms with E-state index in [-0.39, 0.29) is 18.1 Å². The lowest BCUT2D eigenvalue weighted by Gasteiger charge is -2.17. The van der Waals surface area contributed by atoms with Crippen LogP contribution in [-0.4, -0.2) is 38.0 Å². The first-order chi connectivity index (χ1) is 6.80. The lowest BCUT2D eigenvalue weighted by atomic mass is 10.1. The first-order valence-electron chi connectivity index (χ1n) is 4.59. The van der Waals surface area contributed by atoms with Crippen LogP contribution in [0.1, 0.15) is 20.3 Å². The van der Waals surface area contributed by atoms with Gasteiger partial charge < -0.3 is 5.11 Å². The maximum atomic E-state index is 11.8. The smallest absolute Gasteiger partial charge is 0.321 e. The highest BCUT2D eigenvalue weighted by Crippen LogP contribution is 2.04.